The molecule has 0 aromatic carbocycles. The molecule has 2 fully saturated rings. The Morgan fingerprint density at radius 3 is 2.17 bits per heavy atom. The van der Waals surface area contributed by atoms with Crippen LogP contribution in [0, 0.1) is 29.1 Å². The molecule has 2 saturated carbocycles. The zero-order valence-corrected chi connectivity index (χ0v) is 8.93. The number of hydrogen-bond acceptors (Lipinski definition) is 0. The van der Waals surface area contributed by atoms with Gasteiger partial charge in [-0.2, -0.15) is 0 Å². The normalized spacial score (nSPS) is 47.0. The molecule has 4 atom stereocenters. The van der Waals surface area contributed by atoms with Gasteiger partial charge in [0, 0.05) is 0 Å². The third kappa shape index (κ3) is 1.30. The summed E-state index contributed by atoms with van der Waals surface area (Å²) in [6.45, 7) is 9.68. The lowest BCUT2D eigenvalue weighted by Crippen LogP contribution is -2.10. The van der Waals surface area contributed by atoms with Crippen molar-refractivity contribution < 1.29 is 0 Å². The van der Waals surface area contributed by atoms with E-state index in [9.17, 15) is 0 Å². The average molecular weight is 166 g/mol. The van der Waals surface area contributed by atoms with Crippen molar-refractivity contribution in [2.75, 3.05) is 0 Å². The van der Waals surface area contributed by atoms with Crippen LogP contribution >= 0.6 is 0 Å². The van der Waals surface area contributed by atoms with Gasteiger partial charge in [0.05, 0.1) is 0 Å². The highest BCUT2D eigenvalue weighted by Crippen LogP contribution is 2.63. The van der Waals surface area contributed by atoms with Crippen molar-refractivity contribution in [1.82, 2.24) is 0 Å². The lowest BCUT2D eigenvalue weighted by Gasteiger charge is -2.18. The van der Waals surface area contributed by atoms with E-state index >= 15 is 0 Å². The van der Waals surface area contributed by atoms with E-state index in [-0.39, 0.29) is 0 Å². The summed E-state index contributed by atoms with van der Waals surface area (Å²) in [5.74, 6) is 4.29. The van der Waals surface area contributed by atoms with Crippen molar-refractivity contribution in [1.29, 1.82) is 0 Å². The Bertz CT molecular complexity index is 175. The van der Waals surface area contributed by atoms with Gasteiger partial charge in [0.1, 0.15) is 0 Å². The van der Waals surface area contributed by atoms with E-state index in [0.717, 1.165) is 23.7 Å². The van der Waals surface area contributed by atoms with Crippen molar-refractivity contribution in [2.24, 2.45) is 29.1 Å². The molecule has 2 rings (SSSR count). The Labute approximate surface area is 76.7 Å². The summed E-state index contributed by atoms with van der Waals surface area (Å²) in [7, 11) is 0. The highest BCUT2D eigenvalue weighted by atomic mass is 14.6. The first kappa shape index (κ1) is 8.59. The summed E-state index contributed by atoms with van der Waals surface area (Å²) in [6, 6.07) is 0. The van der Waals surface area contributed by atoms with Gasteiger partial charge in [-0.15, -0.1) is 0 Å². The molecule has 0 saturated heterocycles. The molecule has 0 amide bonds. The van der Waals surface area contributed by atoms with Crippen LogP contribution in [0.5, 0.6) is 0 Å². The van der Waals surface area contributed by atoms with Gasteiger partial charge in [0.2, 0.25) is 0 Å². The molecule has 0 aromatic heterocycles. The quantitative estimate of drug-likeness (QED) is 0.514. The maximum atomic E-state index is 2.42. The van der Waals surface area contributed by atoms with E-state index in [1.165, 1.54) is 19.3 Å². The first-order valence-corrected chi connectivity index (χ1v) is 5.50. The van der Waals surface area contributed by atoms with E-state index in [1.807, 2.05) is 0 Å². The second-order valence-corrected chi connectivity index (χ2v) is 6.14. The average Bonchev–Trinajstić information content (AvgIpc) is 2.58. The van der Waals surface area contributed by atoms with Crippen LogP contribution in [0.3, 0.4) is 0 Å². The number of fused-ring (bicyclic) bond motifs is 1. The summed E-state index contributed by atoms with van der Waals surface area (Å²) in [6.07, 6.45) is 4.54. The predicted molar refractivity (Wildman–Crippen MR) is 52.9 cm³/mol. The van der Waals surface area contributed by atoms with Gasteiger partial charge < -0.3 is 0 Å². The fourth-order valence-electron chi connectivity index (χ4n) is 3.50. The topological polar surface area (TPSA) is 0 Å². The van der Waals surface area contributed by atoms with Gasteiger partial charge in [-0.3, -0.25) is 0 Å². The Balaban J connectivity index is 1.99. The van der Waals surface area contributed by atoms with Crippen molar-refractivity contribution in [3.63, 3.8) is 0 Å². The van der Waals surface area contributed by atoms with Crippen LogP contribution in [0.15, 0.2) is 0 Å². The van der Waals surface area contributed by atoms with Crippen LogP contribution in [0.25, 0.3) is 0 Å². The molecule has 0 N–H and O–H groups in total. The molecule has 0 radical (unpaired) electrons. The summed E-state index contributed by atoms with van der Waals surface area (Å²) >= 11 is 0. The van der Waals surface area contributed by atoms with Crippen LogP contribution in [0.2, 0.25) is 0 Å². The smallest absolute Gasteiger partial charge is 0.0303 e. The molecule has 0 nitrogen and oxygen atoms in total. The standard InChI is InChI=1S/C12H22/c1-8-5-6-9-10(7-8)11(9)12(2,3)4/h8-11H,5-7H2,1-4H3. The van der Waals surface area contributed by atoms with E-state index in [1.54, 1.807) is 0 Å². The molecule has 0 bridgehead atoms. The molecule has 0 aliphatic heterocycles. The van der Waals surface area contributed by atoms with Crippen LogP contribution < -0.4 is 0 Å². The maximum absolute atomic E-state index is 2.42. The number of hydrogen-bond donors (Lipinski definition) is 0. The van der Waals surface area contributed by atoms with Crippen LogP contribution in [-0.4, -0.2) is 0 Å². The molecule has 2 aliphatic rings. The van der Waals surface area contributed by atoms with Gasteiger partial charge in [0.25, 0.3) is 0 Å². The van der Waals surface area contributed by atoms with Crippen molar-refractivity contribution in [2.45, 2.75) is 47.0 Å². The van der Waals surface area contributed by atoms with Gasteiger partial charge in [-0.25, -0.2) is 0 Å². The van der Waals surface area contributed by atoms with E-state index < -0.39 is 0 Å². The second kappa shape index (κ2) is 2.49. The second-order valence-electron chi connectivity index (χ2n) is 6.14. The molecule has 0 aromatic rings. The monoisotopic (exact) mass is 166 g/mol. The van der Waals surface area contributed by atoms with Crippen molar-refractivity contribution in [3.8, 4) is 0 Å². The van der Waals surface area contributed by atoms with E-state index in [4.69, 9.17) is 0 Å². The highest BCUT2D eigenvalue weighted by Gasteiger charge is 2.56. The minimum Gasteiger partial charge on any atom is -0.0625 e. The molecule has 2 aliphatic carbocycles. The molecule has 0 heterocycles. The summed E-state index contributed by atoms with van der Waals surface area (Å²) in [4.78, 5) is 0. The predicted octanol–water partition coefficient (Wildman–Crippen LogP) is 3.71. The Hall–Kier alpha value is 0. The van der Waals surface area contributed by atoms with Gasteiger partial charge in [-0.1, -0.05) is 34.1 Å². The zero-order chi connectivity index (χ0) is 8.93. The first-order valence-electron chi connectivity index (χ1n) is 5.50. The highest BCUT2D eigenvalue weighted by molar-refractivity contribution is 5.04. The largest absolute Gasteiger partial charge is 0.0625 e. The SMILES string of the molecule is CC1CCC2C(C1)C2C(C)(C)C. The summed E-state index contributed by atoms with van der Waals surface area (Å²) < 4.78 is 0. The lowest BCUT2D eigenvalue weighted by atomic mass is 9.87. The summed E-state index contributed by atoms with van der Waals surface area (Å²) in [5, 5.41) is 0. The van der Waals surface area contributed by atoms with Crippen LogP contribution in [-0.2, 0) is 0 Å². The fourth-order valence-corrected chi connectivity index (χ4v) is 3.50. The third-order valence-corrected chi connectivity index (χ3v) is 4.00. The molecule has 4 unspecified atom stereocenters. The van der Waals surface area contributed by atoms with Crippen LogP contribution in [0.1, 0.15) is 47.0 Å². The Morgan fingerprint density at radius 2 is 1.67 bits per heavy atom. The third-order valence-electron chi connectivity index (χ3n) is 4.00. The van der Waals surface area contributed by atoms with Crippen molar-refractivity contribution >= 4 is 0 Å². The van der Waals surface area contributed by atoms with Gasteiger partial charge in [-0.05, 0) is 41.9 Å². The zero-order valence-electron chi connectivity index (χ0n) is 8.93. The van der Waals surface area contributed by atoms with Crippen LogP contribution in [0.4, 0.5) is 0 Å². The maximum Gasteiger partial charge on any atom is -0.0303 e. The van der Waals surface area contributed by atoms with E-state index in [0.29, 0.717) is 5.41 Å². The van der Waals surface area contributed by atoms with Gasteiger partial charge in [0.15, 0.2) is 0 Å². The minimum absolute atomic E-state index is 0.583. The molecule has 70 valence electrons. The number of rotatable bonds is 0. The van der Waals surface area contributed by atoms with E-state index in [2.05, 4.69) is 27.7 Å². The minimum atomic E-state index is 0.583. The molecular formula is C12H22. The van der Waals surface area contributed by atoms with Crippen molar-refractivity contribution in [3.05, 3.63) is 0 Å². The first-order chi connectivity index (χ1) is 5.50. The Morgan fingerprint density at radius 1 is 1.00 bits per heavy atom. The molecule has 12 heavy (non-hydrogen) atoms. The summed E-state index contributed by atoms with van der Waals surface area (Å²) in [5.41, 5.74) is 0.583. The Kier molecular flexibility index (Phi) is 1.79. The molecule has 0 spiro atoms. The van der Waals surface area contributed by atoms with Gasteiger partial charge >= 0.3 is 0 Å². The molecule has 0 heteroatoms. The molecular weight excluding hydrogens is 144 g/mol. The lowest BCUT2D eigenvalue weighted by molar-refractivity contribution is 0.316. The fraction of sp³-hybridized carbons (Fsp3) is 1.00.